The Balaban J connectivity index is 0.998. The Morgan fingerprint density at radius 3 is 1.27 bits per heavy atom. The van der Waals surface area contributed by atoms with Crippen molar-refractivity contribution in [2.24, 2.45) is 20.5 Å². The van der Waals surface area contributed by atoms with Crippen LogP contribution in [0.4, 0.5) is 0 Å². The maximum atomic E-state index is 10.3. The summed E-state index contributed by atoms with van der Waals surface area (Å²) in [5, 5.41) is 17.8. The smallest absolute Gasteiger partial charge is 0.187 e. The third kappa shape index (κ3) is 14.2. The molecule has 18 heteroatoms. The van der Waals surface area contributed by atoms with E-state index >= 15 is 0 Å². The maximum Gasteiger partial charge on any atom is 0.187 e. The van der Waals surface area contributed by atoms with Crippen LogP contribution in [-0.2, 0) is 87.0 Å². The summed E-state index contributed by atoms with van der Waals surface area (Å²) in [5.41, 5.74) is 25.6. The number of ether oxygens (including phenoxy) is 10. The third-order valence-electron chi connectivity index (χ3n) is 14.0. The molecule has 0 unspecified atom stereocenters. The Bertz CT molecular complexity index is 2840. The minimum absolute atomic E-state index is 0.130. The molecule has 398 valence electrons. The average Bonchev–Trinajstić information content (AvgIpc) is 4.08. The molecule has 4 aliphatic rings. The first-order valence-electron chi connectivity index (χ1n) is 26.1. The first kappa shape index (κ1) is 53.5. The molecule has 3 heterocycles. The van der Waals surface area contributed by atoms with Crippen LogP contribution in [0.15, 0.2) is 202 Å². The van der Waals surface area contributed by atoms with Crippen molar-refractivity contribution in [3.63, 3.8) is 0 Å². The van der Waals surface area contributed by atoms with Crippen molar-refractivity contribution in [1.29, 1.82) is 0 Å². The number of benzene rings is 6. The molecule has 0 N–H and O–H groups in total. The summed E-state index contributed by atoms with van der Waals surface area (Å²) in [6, 6.07) is 56.7. The minimum Gasteiger partial charge on any atom is -0.374 e. The summed E-state index contributed by atoms with van der Waals surface area (Å²) in [6.07, 6.45) is -9.49. The molecule has 0 radical (unpaired) electrons. The Morgan fingerprint density at radius 2 is 0.805 bits per heavy atom. The van der Waals surface area contributed by atoms with Crippen molar-refractivity contribution >= 4 is 0 Å². The summed E-state index contributed by atoms with van der Waals surface area (Å²) < 4.78 is 68.7. The van der Waals surface area contributed by atoms with E-state index < -0.39 is 85.6 Å². The molecular weight excluding hydrogens is 981 g/mol. The number of azide groups is 2. The first-order chi connectivity index (χ1) is 38.1. The molecule has 10 rings (SSSR count). The van der Waals surface area contributed by atoms with Crippen LogP contribution in [0, 0.1) is 0 Å². The predicted octanol–water partition coefficient (Wildman–Crippen LogP) is 10.9. The third-order valence-corrected chi connectivity index (χ3v) is 14.0. The molecule has 0 amide bonds. The van der Waals surface area contributed by atoms with Gasteiger partial charge in [0.2, 0.25) is 0 Å². The Hall–Kier alpha value is -6.86. The van der Waals surface area contributed by atoms with Crippen molar-refractivity contribution in [2.75, 3.05) is 13.2 Å². The van der Waals surface area contributed by atoms with Gasteiger partial charge in [0.25, 0.3) is 0 Å². The van der Waals surface area contributed by atoms with Gasteiger partial charge in [-0.25, -0.2) is 0 Å². The van der Waals surface area contributed by atoms with Crippen molar-refractivity contribution < 1.29 is 47.4 Å². The van der Waals surface area contributed by atoms with Gasteiger partial charge >= 0.3 is 0 Å². The van der Waals surface area contributed by atoms with Gasteiger partial charge in [0.1, 0.15) is 67.0 Å². The van der Waals surface area contributed by atoms with Gasteiger partial charge in [0.15, 0.2) is 12.6 Å². The minimum atomic E-state index is -1.31. The molecule has 6 aromatic rings. The molecule has 0 spiro atoms. The van der Waals surface area contributed by atoms with Gasteiger partial charge in [-0.1, -0.05) is 192 Å². The van der Waals surface area contributed by atoms with E-state index in [1.54, 1.807) is 0 Å². The molecule has 77 heavy (non-hydrogen) atoms. The predicted molar refractivity (Wildman–Crippen MR) is 282 cm³/mol. The van der Waals surface area contributed by atoms with Gasteiger partial charge < -0.3 is 47.4 Å². The van der Waals surface area contributed by atoms with Crippen LogP contribution in [0.1, 0.15) is 39.8 Å². The lowest BCUT2D eigenvalue weighted by atomic mass is 9.85. The number of nitrogens with zero attached hydrogens (tertiary/aromatic N) is 8. The molecule has 0 aromatic heterocycles. The molecule has 3 aliphatic heterocycles. The van der Waals surface area contributed by atoms with Gasteiger partial charge in [0, 0.05) is 16.2 Å². The maximum absolute atomic E-state index is 10.3. The molecule has 2 saturated heterocycles. The van der Waals surface area contributed by atoms with E-state index in [0.29, 0.717) is 13.0 Å². The first-order valence-corrected chi connectivity index (χ1v) is 26.1. The Kier molecular flexibility index (Phi) is 19.1. The molecule has 2 bridgehead atoms. The molecule has 3 fully saturated rings. The van der Waals surface area contributed by atoms with Crippen LogP contribution in [0.25, 0.3) is 20.9 Å². The highest BCUT2D eigenvalue weighted by Gasteiger charge is 2.57. The molecule has 1 saturated carbocycles. The largest absolute Gasteiger partial charge is 0.374 e. The highest BCUT2D eigenvalue weighted by Crippen LogP contribution is 2.42. The lowest BCUT2D eigenvalue weighted by Crippen LogP contribution is -2.63. The molecular formula is C59H62N8O10. The van der Waals surface area contributed by atoms with E-state index in [2.05, 4.69) is 20.1 Å². The molecule has 14 atom stereocenters. The summed E-state index contributed by atoms with van der Waals surface area (Å²) in [4.78, 5) is 6.41. The summed E-state index contributed by atoms with van der Waals surface area (Å²) >= 11 is 0. The van der Waals surface area contributed by atoms with Gasteiger partial charge in [0.05, 0.1) is 58.9 Å². The fourth-order valence-electron chi connectivity index (χ4n) is 10.2. The second-order valence-electron chi connectivity index (χ2n) is 19.3. The van der Waals surface area contributed by atoms with Gasteiger partial charge in [-0.05, 0) is 44.4 Å². The number of hydrogen-bond acceptors (Lipinski definition) is 14. The Morgan fingerprint density at radius 1 is 0.416 bits per heavy atom. The van der Waals surface area contributed by atoms with E-state index in [-0.39, 0.29) is 46.2 Å². The average molecular weight is 1040 g/mol. The Labute approximate surface area is 447 Å². The molecule has 18 nitrogen and oxygen atoms in total. The quantitative estimate of drug-likeness (QED) is 0.0284. The number of azo groups is 1. The van der Waals surface area contributed by atoms with E-state index in [1.165, 1.54) is 0 Å². The second kappa shape index (κ2) is 27.5. The van der Waals surface area contributed by atoms with Gasteiger partial charge in [-0.15, -0.1) is 0 Å². The number of rotatable bonds is 26. The highest BCUT2D eigenvalue weighted by atomic mass is 16.8. The van der Waals surface area contributed by atoms with E-state index in [0.717, 1.165) is 33.4 Å². The highest BCUT2D eigenvalue weighted by molar-refractivity contribution is 5.19. The normalized spacial score (nSPS) is 28.4. The fourth-order valence-corrected chi connectivity index (χ4v) is 10.2. The van der Waals surface area contributed by atoms with Gasteiger partial charge in [-0.3, -0.25) is 0 Å². The zero-order chi connectivity index (χ0) is 52.4. The van der Waals surface area contributed by atoms with Crippen LogP contribution in [0.5, 0.6) is 0 Å². The summed E-state index contributed by atoms with van der Waals surface area (Å²) in [6.45, 7) is 1.34. The van der Waals surface area contributed by atoms with Crippen molar-refractivity contribution in [3.8, 4) is 0 Å². The van der Waals surface area contributed by atoms with Crippen molar-refractivity contribution in [3.05, 3.63) is 236 Å². The number of hydrogen-bond donors (Lipinski definition) is 0. The fraction of sp³-hybridized carbons (Fsp3) is 0.390. The van der Waals surface area contributed by atoms with Crippen LogP contribution in [0.3, 0.4) is 0 Å². The standard InChI is InChI=1S/C59H62N8O10/c60-66-62-32-48-53(70-35-42-23-11-3-12-24-42)55(72-37-44-27-15-5-16-28-44)50(65-67-61)58(74-48)76-52-47-31-46(63-64-47)51(69-34-41-21-9-2-10-22-41)56(52)77-59-57(73-38-45-29-17-6-18-30-45)54(71-36-43-25-13-4-14-26-43)49(75-59)39-68-33-40-19-7-1-8-20-40/h1-30,46-59H,31-39H2/t46-,47+,48+,49-,50+,51+,52-,53+,54-,55+,56-,57-,58+,59+/m1/s1. The van der Waals surface area contributed by atoms with Gasteiger partial charge in [-0.2, -0.15) is 10.2 Å². The summed E-state index contributed by atoms with van der Waals surface area (Å²) in [5.74, 6) is 0. The monoisotopic (exact) mass is 1040 g/mol. The molecule has 6 aromatic carbocycles. The van der Waals surface area contributed by atoms with Crippen molar-refractivity contribution in [2.45, 2.75) is 132 Å². The van der Waals surface area contributed by atoms with E-state index in [9.17, 15) is 11.1 Å². The van der Waals surface area contributed by atoms with Crippen LogP contribution >= 0.6 is 0 Å². The van der Waals surface area contributed by atoms with Crippen LogP contribution in [-0.4, -0.2) is 98.8 Å². The number of fused-ring (bicyclic) bond motifs is 2. The van der Waals surface area contributed by atoms with E-state index in [1.807, 2.05) is 182 Å². The summed E-state index contributed by atoms with van der Waals surface area (Å²) in [7, 11) is 0. The lowest BCUT2D eigenvalue weighted by Gasteiger charge is -2.47. The zero-order valence-electron chi connectivity index (χ0n) is 42.4. The van der Waals surface area contributed by atoms with Crippen molar-refractivity contribution in [1.82, 2.24) is 0 Å². The lowest BCUT2D eigenvalue weighted by molar-refractivity contribution is -0.316. The van der Waals surface area contributed by atoms with Crippen LogP contribution < -0.4 is 0 Å². The zero-order valence-corrected chi connectivity index (χ0v) is 42.4. The topological polar surface area (TPSA) is 215 Å². The second-order valence-corrected chi connectivity index (χ2v) is 19.3. The molecule has 1 aliphatic carbocycles. The van der Waals surface area contributed by atoms with E-state index in [4.69, 9.17) is 57.6 Å². The van der Waals surface area contributed by atoms with Crippen LogP contribution in [0.2, 0.25) is 0 Å². The SMILES string of the molecule is [N-]=[N+]=NC[C@@H]1O[C@@H](O[C@H]2[C@H](O[C@@H]3O[C@H](COCc4ccccc4)[C@@H](OCc4ccccc4)[C@H]3OCc3ccccc3)[C@@H](OCc3ccccc3)[C@H]3C[C@@H]2N=N3)[C@@H](N=[N+]=[N-])[C@H](OCc2ccccc2)[C@H]1OCc1ccccc1.